The molecule has 0 spiro atoms. The van der Waals surface area contributed by atoms with Crippen LogP contribution in [0.25, 0.3) is 16.8 Å². The molecule has 132 valence electrons. The van der Waals surface area contributed by atoms with Crippen LogP contribution in [0.5, 0.6) is 11.5 Å². The third-order valence-corrected chi connectivity index (χ3v) is 4.46. The van der Waals surface area contributed by atoms with Gasteiger partial charge in [0.05, 0.1) is 26.1 Å². The molecule has 0 aliphatic rings. The predicted octanol–water partition coefficient (Wildman–Crippen LogP) is 3.61. The average Bonchev–Trinajstić information content (AvgIpc) is 3.04. The smallest absolute Gasteiger partial charge is 0.251 e. The van der Waals surface area contributed by atoms with Crippen molar-refractivity contribution < 1.29 is 9.47 Å². The lowest BCUT2D eigenvalue weighted by Crippen LogP contribution is -2.14. The van der Waals surface area contributed by atoms with E-state index in [2.05, 4.69) is 23.9 Å². The molecule has 6 nitrogen and oxygen atoms in total. The molecule has 1 unspecified atom stereocenters. The van der Waals surface area contributed by atoms with Gasteiger partial charge < -0.3 is 14.5 Å². The minimum atomic E-state index is -0.118. The quantitative estimate of drug-likeness (QED) is 0.744. The number of nitrogens with one attached hydrogen (secondary N) is 1. The van der Waals surface area contributed by atoms with Gasteiger partial charge in [-0.3, -0.25) is 4.79 Å². The monoisotopic (exact) mass is 341 g/mol. The van der Waals surface area contributed by atoms with E-state index in [0.29, 0.717) is 17.1 Å². The lowest BCUT2D eigenvalue weighted by atomic mass is 10.0. The highest BCUT2D eigenvalue weighted by molar-refractivity contribution is 5.78. The normalized spacial score (nSPS) is 12.3. The van der Waals surface area contributed by atoms with Crippen LogP contribution in [-0.2, 0) is 0 Å². The summed E-state index contributed by atoms with van der Waals surface area (Å²) in [6, 6.07) is 7.30. The minimum absolute atomic E-state index is 0.118. The van der Waals surface area contributed by atoms with Gasteiger partial charge in [-0.15, -0.1) is 0 Å². The number of ether oxygens (including phenoxy) is 2. The fourth-order valence-electron chi connectivity index (χ4n) is 3.16. The van der Waals surface area contributed by atoms with Gasteiger partial charge in [-0.1, -0.05) is 26.3 Å². The third kappa shape index (κ3) is 3.12. The van der Waals surface area contributed by atoms with E-state index in [0.717, 1.165) is 29.7 Å². The van der Waals surface area contributed by atoms with Gasteiger partial charge in [0.2, 0.25) is 0 Å². The number of fused-ring (bicyclic) bond motifs is 1. The van der Waals surface area contributed by atoms with Crippen molar-refractivity contribution in [3.05, 3.63) is 46.5 Å². The Hall–Kier alpha value is -2.76. The fourth-order valence-corrected chi connectivity index (χ4v) is 3.16. The van der Waals surface area contributed by atoms with E-state index in [1.54, 1.807) is 26.5 Å². The van der Waals surface area contributed by atoms with Crippen molar-refractivity contribution in [2.75, 3.05) is 14.2 Å². The van der Waals surface area contributed by atoms with Crippen LogP contribution in [0.15, 0.2) is 35.3 Å². The second-order valence-corrected chi connectivity index (χ2v) is 6.14. The lowest BCUT2D eigenvalue weighted by Gasteiger charge is -2.12. The van der Waals surface area contributed by atoms with Crippen molar-refractivity contribution in [3.63, 3.8) is 0 Å². The Kier molecular flexibility index (Phi) is 4.79. The van der Waals surface area contributed by atoms with Crippen molar-refractivity contribution in [1.29, 1.82) is 0 Å². The lowest BCUT2D eigenvalue weighted by molar-refractivity contribution is 0.355. The first-order valence-corrected chi connectivity index (χ1v) is 8.42. The molecule has 0 fully saturated rings. The molecule has 6 heteroatoms. The second-order valence-electron chi connectivity index (χ2n) is 6.14. The molecular formula is C19H23N3O3. The Morgan fingerprint density at radius 1 is 1.20 bits per heavy atom. The number of benzene rings is 1. The zero-order valence-corrected chi connectivity index (χ0v) is 15.0. The van der Waals surface area contributed by atoms with E-state index in [1.807, 2.05) is 22.7 Å². The summed E-state index contributed by atoms with van der Waals surface area (Å²) in [6.07, 6.45) is 3.83. The van der Waals surface area contributed by atoms with Gasteiger partial charge in [0.15, 0.2) is 11.5 Å². The largest absolute Gasteiger partial charge is 0.493 e. The van der Waals surface area contributed by atoms with E-state index in [1.165, 1.54) is 0 Å². The van der Waals surface area contributed by atoms with Crippen LogP contribution in [0, 0.1) is 0 Å². The van der Waals surface area contributed by atoms with Crippen molar-refractivity contribution >= 4 is 5.65 Å². The molecule has 2 aromatic heterocycles. The summed E-state index contributed by atoms with van der Waals surface area (Å²) in [5.41, 5.74) is 3.25. The minimum Gasteiger partial charge on any atom is -0.493 e. The van der Waals surface area contributed by atoms with E-state index >= 15 is 0 Å². The highest BCUT2D eigenvalue weighted by Gasteiger charge is 2.16. The average molecular weight is 341 g/mol. The van der Waals surface area contributed by atoms with E-state index in [-0.39, 0.29) is 11.5 Å². The molecule has 0 aliphatic carbocycles. The predicted molar refractivity (Wildman–Crippen MR) is 97.7 cm³/mol. The zero-order valence-electron chi connectivity index (χ0n) is 15.0. The fraction of sp³-hybridized carbons (Fsp3) is 0.368. The van der Waals surface area contributed by atoms with Crippen molar-refractivity contribution in [2.45, 2.75) is 32.6 Å². The number of nitrogens with zero attached hydrogens (tertiary/aromatic N) is 2. The van der Waals surface area contributed by atoms with Crippen LogP contribution in [0.2, 0.25) is 0 Å². The van der Waals surface area contributed by atoms with Crippen LogP contribution in [0.3, 0.4) is 0 Å². The summed E-state index contributed by atoms with van der Waals surface area (Å²) in [6.45, 7) is 4.26. The van der Waals surface area contributed by atoms with Gasteiger partial charge in [0.1, 0.15) is 5.65 Å². The summed E-state index contributed by atoms with van der Waals surface area (Å²) in [4.78, 5) is 15.1. The van der Waals surface area contributed by atoms with Crippen LogP contribution in [-0.4, -0.2) is 28.8 Å². The zero-order chi connectivity index (χ0) is 18.0. The summed E-state index contributed by atoms with van der Waals surface area (Å²) >= 11 is 0. The third-order valence-electron chi connectivity index (χ3n) is 4.46. The number of aromatic nitrogens is 3. The van der Waals surface area contributed by atoms with Crippen LogP contribution in [0.1, 0.15) is 38.3 Å². The SMILES string of the molecule is CCCC(C)c1cc(=O)[nH]c2c(-c3ccc(OC)c(OC)c3)cnn12. The number of hydrogen-bond donors (Lipinski definition) is 1. The number of H-pyrrole nitrogens is 1. The molecule has 0 saturated heterocycles. The Bertz CT molecular complexity index is 943. The number of aromatic amines is 1. The van der Waals surface area contributed by atoms with Crippen molar-refractivity contribution in [3.8, 4) is 22.6 Å². The number of methoxy groups -OCH3 is 2. The van der Waals surface area contributed by atoms with Gasteiger partial charge in [0, 0.05) is 11.6 Å². The Morgan fingerprint density at radius 3 is 2.64 bits per heavy atom. The maximum absolute atomic E-state index is 12.2. The Labute approximate surface area is 146 Å². The highest BCUT2D eigenvalue weighted by Crippen LogP contribution is 2.34. The molecule has 0 amide bonds. The first-order valence-electron chi connectivity index (χ1n) is 8.42. The van der Waals surface area contributed by atoms with Crippen LogP contribution < -0.4 is 15.0 Å². The molecule has 0 radical (unpaired) electrons. The number of rotatable bonds is 6. The van der Waals surface area contributed by atoms with Gasteiger partial charge >= 0.3 is 0 Å². The maximum atomic E-state index is 12.2. The molecule has 0 bridgehead atoms. The molecular weight excluding hydrogens is 318 g/mol. The molecule has 0 saturated carbocycles. The van der Waals surface area contributed by atoms with Gasteiger partial charge in [0.25, 0.3) is 5.56 Å². The molecule has 2 heterocycles. The molecule has 1 atom stereocenters. The topological polar surface area (TPSA) is 68.6 Å². The summed E-state index contributed by atoms with van der Waals surface area (Å²) in [5, 5.41) is 4.51. The van der Waals surface area contributed by atoms with Crippen LogP contribution in [0.4, 0.5) is 0 Å². The molecule has 1 aromatic carbocycles. The molecule has 0 aliphatic heterocycles. The molecule has 3 aromatic rings. The summed E-state index contributed by atoms with van der Waals surface area (Å²) in [5.74, 6) is 1.55. The van der Waals surface area contributed by atoms with Gasteiger partial charge in [-0.05, 0) is 30.0 Å². The summed E-state index contributed by atoms with van der Waals surface area (Å²) in [7, 11) is 3.20. The summed E-state index contributed by atoms with van der Waals surface area (Å²) < 4.78 is 12.5. The Balaban J connectivity index is 2.17. The molecule has 25 heavy (non-hydrogen) atoms. The van der Waals surface area contributed by atoms with Crippen molar-refractivity contribution in [1.82, 2.24) is 14.6 Å². The van der Waals surface area contributed by atoms with E-state index in [9.17, 15) is 4.79 Å². The first-order chi connectivity index (χ1) is 12.1. The molecule has 1 N–H and O–H groups in total. The Morgan fingerprint density at radius 2 is 1.96 bits per heavy atom. The van der Waals surface area contributed by atoms with E-state index in [4.69, 9.17) is 9.47 Å². The first kappa shape index (κ1) is 17.1. The highest BCUT2D eigenvalue weighted by atomic mass is 16.5. The van der Waals surface area contributed by atoms with Crippen LogP contribution >= 0.6 is 0 Å². The van der Waals surface area contributed by atoms with Gasteiger partial charge in [-0.2, -0.15) is 5.10 Å². The standard InChI is InChI=1S/C19H23N3O3/c1-5-6-12(2)15-10-18(23)21-19-14(11-20-22(15)19)13-7-8-16(24-3)17(9-13)25-4/h7-12H,5-6H2,1-4H3,(H,21,23). The number of hydrogen-bond acceptors (Lipinski definition) is 4. The van der Waals surface area contributed by atoms with Crippen molar-refractivity contribution in [2.24, 2.45) is 0 Å². The second kappa shape index (κ2) is 7.01. The van der Waals surface area contributed by atoms with E-state index < -0.39 is 0 Å². The van der Waals surface area contributed by atoms with Gasteiger partial charge in [-0.25, -0.2) is 4.52 Å². The molecule has 3 rings (SSSR count). The maximum Gasteiger partial charge on any atom is 0.251 e.